The first-order valence-corrected chi connectivity index (χ1v) is 18.5. The molecule has 2 aliphatic heterocycles. The van der Waals surface area contributed by atoms with Crippen molar-refractivity contribution in [3.05, 3.63) is 105 Å². The van der Waals surface area contributed by atoms with Gasteiger partial charge < -0.3 is 48.5 Å². The molecule has 4 aromatic rings. The first kappa shape index (κ1) is 38.7. The molecule has 0 spiro atoms. The molecule has 0 amide bonds. The van der Waals surface area contributed by atoms with Gasteiger partial charge in [0.25, 0.3) is 0 Å². The molecule has 10 heteroatoms. The summed E-state index contributed by atoms with van der Waals surface area (Å²) in [5.74, 6) is 5.84. The van der Waals surface area contributed by atoms with E-state index in [1.54, 1.807) is 56.9 Å². The van der Waals surface area contributed by atoms with Crippen LogP contribution in [-0.2, 0) is 38.5 Å². The van der Waals surface area contributed by atoms with Gasteiger partial charge in [-0.2, -0.15) is 0 Å². The summed E-state index contributed by atoms with van der Waals surface area (Å²) < 4.78 is 45.6. The van der Waals surface area contributed by atoms with Gasteiger partial charge in [-0.1, -0.05) is 12.2 Å². The van der Waals surface area contributed by atoms with Crippen molar-refractivity contribution in [2.75, 3.05) is 70.0 Å². The summed E-state index contributed by atoms with van der Waals surface area (Å²) in [6.45, 7) is 1.76. The third-order valence-electron chi connectivity index (χ3n) is 10.7. The van der Waals surface area contributed by atoms with Crippen LogP contribution in [0, 0.1) is 0 Å². The van der Waals surface area contributed by atoms with Gasteiger partial charge in [-0.05, 0) is 145 Å². The highest BCUT2D eigenvalue weighted by Gasteiger charge is 2.26. The Morgan fingerprint density at radius 2 is 0.722 bits per heavy atom. The SMILES string of the molecule is COc1cc(C/C=C/Cc2cc(OC)c(OC)cc2C[C@H]2NCCc3cc(OC)c(OC)cc32)c(C[C@@H]2NCCc3cc(OC)c(OC)cc32)cc1OC. The summed E-state index contributed by atoms with van der Waals surface area (Å²) in [6, 6.07) is 17.1. The number of benzene rings is 4. The molecule has 0 saturated heterocycles. The van der Waals surface area contributed by atoms with Crippen molar-refractivity contribution in [3.63, 3.8) is 0 Å². The van der Waals surface area contributed by atoms with Crippen LogP contribution in [0.1, 0.15) is 56.6 Å². The molecular formula is C44H54N2O8. The van der Waals surface area contributed by atoms with Crippen LogP contribution in [-0.4, -0.2) is 70.0 Å². The van der Waals surface area contributed by atoms with Crippen LogP contribution in [0.15, 0.2) is 60.7 Å². The van der Waals surface area contributed by atoms with E-state index in [0.717, 1.165) is 74.6 Å². The molecule has 0 unspecified atom stereocenters. The van der Waals surface area contributed by atoms with Crippen molar-refractivity contribution in [3.8, 4) is 46.0 Å². The van der Waals surface area contributed by atoms with Crippen molar-refractivity contribution in [2.24, 2.45) is 0 Å². The molecule has 0 bridgehead atoms. The Morgan fingerprint density at radius 3 is 1.06 bits per heavy atom. The van der Waals surface area contributed by atoms with Gasteiger partial charge in [0.15, 0.2) is 46.0 Å². The van der Waals surface area contributed by atoms with Crippen molar-refractivity contribution < 1.29 is 37.9 Å². The largest absolute Gasteiger partial charge is 0.493 e. The van der Waals surface area contributed by atoms with Gasteiger partial charge in [-0.25, -0.2) is 0 Å². The molecule has 0 radical (unpaired) electrons. The van der Waals surface area contributed by atoms with Crippen LogP contribution in [0.2, 0.25) is 0 Å². The van der Waals surface area contributed by atoms with Crippen LogP contribution in [0.4, 0.5) is 0 Å². The first-order valence-electron chi connectivity index (χ1n) is 18.5. The number of nitrogens with one attached hydrogen (secondary N) is 2. The standard InChI is InChI=1S/C44H54N2O8/c1-47-37-19-27(31(23-41(37)51-5)17-35-33-25-43(53-7)39(49-3)21-29(33)13-15-45-35)11-9-10-12-28-20-38(48-2)42(52-6)24-32(28)18-36-34-26-44(54-8)40(50-4)22-30(34)14-16-46-36/h9-10,19-26,35-36,45-46H,11-18H2,1-8H3/b10-9+/t35-,36+. The molecule has 0 aliphatic carbocycles. The van der Waals surface area contributed by atoms with E-state index in [0.29, 0.717) is 23.0 Å². The van der Waals surface area contributed by atoms with Gasteiger partial charge in [0.05, 0.1) is 56.9 Å². The lowest BCUT2D eigenvalue weighted by molar-refractivity contribution is 0.351. The van der Waals surface area contributed by atoms with Crippen molar-refractivity contribution >= 4 is 0 Å². The predicted octanol–water partition coefficient (Wildman–Crippen LogP) is 6.96. The Bertz CT molecular complexity index is 1820. The zero-order valence-corrected chi connectivity index (χ0v) is 32.9. The monoisotopic (exact) mass is 738 g/mol. The summed E-state index contributed by atoms with van der Waals surface area (Å²) in [4.78, 5) is 0. The number of methoxy groups -OCH3 is 8. The fourth-order valence-electron chi connectivity index (χ4n) is 7.85. The van der Waals surface area contributed by atoms with Crippen molar-refractivity contribution in [1.82, 2.24) is 10.6 Å². The second-order valence-electron chi connectivity index (χ2n) is 13.6. The molecule has 54 heavy (non-hydrogen) atoms. The van der Waals surface area contributed by atoms with Gasteiger partial charge in [0.1, 0.15) is 0 Å². The van der Waals surface area contributed by atoms with Gasteiger partial charge in [0, 0.05) is 12.1 Å². The van der Waals surface area contributed by atoms with Crippen LogP contribution in [0.3, 0.4) is 0 Å². The normalized spacial score (nSPS) is 16.3. The van der Waals surface area contributed by atoms with Gasteiger partial charge in [-0.3, -0.25) is 0 Å². The van der Waals surface area contributed by atoms with Crippen LogP contribution < -0.4 is 48.5 Å². The van der Waals surface area contributed by atoms with E-state index < -0.39 is 0 Å². The lowest BCUT2D eigenvalue weighted by Crippen LogP contribution is -2.31. The zero-order valence-electron chi connectivity index (χ0n) is 32.9. The zero-order chi connectivity index (χ0) is 38.2. The van der Waals surface area contributed by atoms with E-state index in [1.165, 1.54) is 44.5 Å². The molecule has 0 aromatic heterocycles. The highest BCUT2D eigenvalue weighted by Crippen LogP contribution is 2.40. The fraction of sp³-hybridized carbons (Fsp3) is 0.409. The maximum atomic E-state index is 5.76. The Hall–Kier alpha value is -5.06. The van der Waals surface area contributed by atoms with Crippen LogP contribution in [0.5, 0.6) is 46.0 Å². The Morgan fingerprint density at radius 1 is 0.426 bits per heavy atom. The molecule has 0 saturated carbocycles. The van der Waals surface area contributed by atoms with Crippen LogP contribution >= 0.6 is 0 Å². The number of fused-ring (bicyclic) bond motifs is 2. The lowest BCUT2D eigenvalue weighted by Gasteiger charge is -2.29. The second-order valence-corrected chi connectivity index (χ2v) is 13.6. The summed E-state index contributed by atoms with van der Waals surface area (Å²) in [5.41, 5.74) is 9.74. The van der Waals surface area contributed by atoms with Gasteiger partial charge in [-0.15, -0.1) is 0 Å². The number of ether oxygens (including phenoxy) is 8. The highest BCUT2D eigenvalue weighted by atomic mass is 16.5. The fourth-order valence-corrected chi connectivity index (χ4v) is 7.85. The summed E-state index contributed by atoms with van der Waals surface area (Å²) >= 11 is 0. The number of allylic oxidation sites excluding steroid dienone is 2. The van der Waals surface area contributed by atoms with E-state index in [1.807, 2.05) is 0 Å². The van der Waals surface area contributed by atoms with Crippen LogP contribution in [0.25, 0.3) is 0 Å². The molecule has 2 atom stereocenters. The topological polar surface area (TPSA) is 97.9 Å². The molecule has 2 N–H and O–H groups in total. The molecule has 10 nitrogen and oxygen atoms in total. The number of hydrogen-bond acceptors (Lipinski definition) is 10. The highest BCUT2D eigenvalue weighted by molar-refractivity contribution is 5.54. The molecular weight excluding hydrogens is 684 g/mol. The molecule has 6 rings (SSSR count). The lowest BCUT2D eigenvalue weighted by atomic mass is 9.87. The smallest absolute Gasteiger partial charge is 0.161 e. The molecule has 4 aromatic carbocycles. The Balaban J connectivity index is 1.27. The predicted molar refractivity (Wildman–Crippen MR) is 211 cm³/mol. The van der Waals surface area contributed by atoms with Gasteiger partial charge in [0.2, 0.25) is 0 Å². The average molecular weight is 739 g/mol. The third-order valence-corrected chi connectivity index (χ3v) is 10.7. The molecule has 0 fully saturated rings. The minimum absolute atomic E-state index is 0.100. The minimum Gasteiger partial charge on any atom is -0.493 e. The molecule has 2 aliphatic rings. The number of rotatable bonds is 16. The average Bonchev–Trinajstić information content (AvgIpc) is 3.21. The molecule has 2 heterocycles. The van der Waals surface area contributed by atoms with Crippen molar-refractivity contribution in [1.29, 1.82) is 0 Å². The summed E-state index contributed by atoms with van der Waals surface area (Å²) in [6.07, 6.45) is 9.35. The van der Waals surface area contributed by atoms with E-state index in [4.69, 9.17) is 37.9 Å². The quantitative estimate of drug-likeness (QED) is 0.118. The maximum absolute atomic E-state index is 5.76. The first-order chi connectivity index (χ1) is 26.4. The van der Waals surface area contributed by atoms with E-state index in [-0.39, 0.29) is 12.1 Å². The third kappa shape index (κ3) is 8.20. The van der Waals surface area contributed by atoms with Gasteiger partial charge >= 0.3 is 0 Å². The maximum Gasteiger partial charge on any atom is 0.161 e. The van der Waals surface area contributed by atoms with E-state index in [2.05, 4.69) is 71.3 Å². The Kier molecular flexibility index (Phi) is 12.8. The molecule has 288 valence electrons. The minimum atomic E-state index is 0.100. The Labute approximate surface area is 319 Å². The van der Waals surface area contributed by atoms with E-state index >= 15 is 0 Å². The summed E-state index contributed by atoms with van der Waals surface area (Å²) in [5, 5.41) is 7.49. The van der Waals surface area contributed by atoms with Crippen molar-refractivity contribution in [2.45, 2.75) is 50.6 Å². The summed E-state index contributed by atoms with van der Waals surface area (Å²) in [7, 11) is 13.5. The number of hydrogen-bond donors (Lipinski definition) is 2. The van der Waals surface area contributed by atoms with E-state index in [9.17, 15) is 0 Å². The second kappa shape index (κ2) is 17.8.